The molecule has 170 valence electrons. The van der Waals surface area contributed by atoms with E-state index in [9.17, 15) is 9.59 Å². The molecule has 8 heteroatoms. The average molecular weight is 438 g/mol. The van der Waals surface area contributed by atoms with Crippen LogP contribution in [0.15, 0.2) is 30.5 Å². The minimum absolute atomic E-state index is 0.0194. The van der Waals surface area contributed by atoms with Gasteiger partial charge in [0.1, 0.15) is 11.6 Å². The summed E-state index contributed by atoms with van der Waals surface area (Å²) in [6.07, 6.45) is 5.73. The van der Waals surface area contributed by atoms with E-state index in [0.717, 1.165) is 56.6 Å². The molecule has 2 amide bonds. The van der Waals surface area contributed by atoms with Crippen molar-refractivity contribution >= 4 is 11.8 Å². The van der Waals surface area contributed by atoms with Crippen LogP contribution in [-0.4, -0.2) is 64.9 Å². The number of aryl methyl sites for hydroxylation is 1. The number of hydrogen-bond donors (Lipinski definition) is 1. The summed E-state index contributed by atoms with van der Waals surface area (Å²) in [5.41, 5.74) is 2.01. The molecule has 2 aliphatic heterocycles. The molecule has 0 radical (unpaired) electrons. The van der Waals surface area contributed by atoms with Gasteiger partial charge in [-0.3, -0.25) is 14.5 Å². The summed E-state index contributed by atoms with van der Waals surface area (Å²) in [5, 5.41) is 2.93. The molecule has 0 bridgehead atoms. The number of ether oxygens (including phenoxy) is 1. The minimum Gasteiger partial charge on any atom is -0.496 e. The molecule has 0 aliphatic carbocycles. The van der Waals surface area contributed by atoms with Crippen molar-refractivity contribution in [1.29, 1.82) is 0 Å². The van der Waals surface area contributed by atoms with E-state index in [1.54, 1.807) is 13.3 Å². The van der Waals surface area contributed by atoms with Crippen molar-refractivity contribution in [2.24, 2.45) is 0 Å². The van der Waals surface area contributed by atoms with Crippen LogP contribution in [-0.2, 0) is 11.3 Å². The summed E-state index contributed by atoms with van der Waals surface area (Å²) in [6.45, 7) is 5.20. The third-order valence-electron chi connectivity index (χ3n) is 6.33. The van der Waals surface area contributed by atoms with E-state index in [0.29, 0.717) is 30.2 Å². The van der Waals surface area contributed by atoms with Gasteiger partial charge in [0, 0.05) is 31.4 Å². The molecule has 8 nitrogen and oxygen atoms in total. The highest BCUT2D eigenvalue weighted by molar-refractivity contribution is 5.94. The second kappa shape index (κ2) is 10.1. The number of nitrogens with zero attached hydrogens (tertiary/aromatic N) is 4. The monoisotopic (exact) mass is 437 g/mol. The van der Waals surface area contributed by atoms with E-state index in [-0.39, 0.29) is 17.9 Å². The second-order valence-corrected chi connectivity index (χ2v) is 8.44. The summed E-state index contributed by atoms with van der Waals surface area (Å²) in [6, 6.07) is 7.61. The second-order valence-electron chi connectivity index (χ2n) is 8.44. The zero-order chi connectivity index (χ0) is 22.5. The smallest absolute Gasteiger partial charge is 0.254 e. The van der Waals surface area contributed by atoms with Gasteiger partial charge in [-0.25, -0.2) is 9.97 Å². The summed E-state index contributed by atoms with van der Waals surface area (Å²) in [4.78, 5) is 38.7. The number of benzene rings is 1. The number of rotatable bonds is 7. The fraction of sp³-hybridized carbons (Fsp3) is 0.500. The number of methoxy groups -OCH3 is 1. The first kappa shape index (κ1) is 22.2. The molecular formula is C24H31N5O3. The van der Waals surface area contributed by atoms with Crippen molar-refractivity contribution in [3.63, 3.8) is 0 Å². The van der Waals surface area contributed by atoms with E-state index in [1.165, 1.54) is 0 Å². The van der Waals surface area contributed by atoms with Crippen LogP contribution in [0.5, 0.6) is 5.75 Å². The predicted molar refractivity (Wildman–Crippen MR) is 120 cm³/mol. The molecule has 2 fully saturated rings. The van der Waals surface area contributed by atoms with Gasteiger partial charge in [-0.2, -0.15) is 0 Å². The number of carbonyl (C=O) groups excluding carboxylic acids is 2. The van der Waals surface area contributed by atoms with E-state index < -0.39 is 0 Å². The van der Waals surface area contributed by atoms with Gasteiger partial charge in [0.05, 0.1) is 31.0 Å². The molecule has 4 rings (SSSR count). The summed E-state index contributed by atoms with van der Waals surface area (Å²) in [5.74, 6) is 1.40. The molecule has 2 aliphatic rings. The fourth-order valence-corrected chi connectivity index (χ4v) is 4.54. The molecule has 1 aromatic heterocycles. The van der Waals surface area contributed by atoms with Crippen molar-refractivity contribution in [1.82, 2.24) is 25.1 Å². The van der Waals surface area contributed by atoms with Gasteiger partial charge in [0.15, 0.2) is 0 Å². The van der Waals surface area contributed by atoms with E-state index in [4.69, 9.17) is 4.74 Å². The lowest BCUT2D eigenvalue weighted by atomic mass is 10.1. The fourth-order valence-electron chi connectivity index (χ4n) is 4.54. The Hall–Kier alpha value is -3.00. The highest BCUT2D eigenvalue weighted by atomic mass is 16.5. The number of nitrogens with one attached hydrogen (secondary N) is 1. The molecule has 2 aromatic rings. The first-order valence-corrected chi connectivity index (χ1v) is 11.3. The summed E-state index contributed by atoms with van der Waals surface area (Å²) in [7, 11) is 1.61. The normalized spacial score (nSPS) is 18.7. The summed E-state index contributed by atoms with van der Waals surface area (Å²) < 4.78 is 5.34. The third-order valence-corrected chi connectivity index (χ3v) is 6.33. The van der Waals surface area contributed by atoms with Crippen molar-refractivity contribution in [2.45, 2.75) is 45.2 Å². The first-order valence-electron chi connectivity index (χ1n) is 11.3. The van der Waals surface area contributed by atoms with Crippen LogP contribution in [0.1, 0.15) is 59.2 Å². The Morgan fingerprint density at radius 1 is 1.16 bits per heavy atom. The Labute approximate surface area is 189 Å². The Kier molecular flexibility index (Phi) is 6.99. The number of likely N-dealkylation sites (tertiary alicyclic amines) is 2. The van der Waals surface area contributed by atoms with Crippen LogP contribution in [0, 0.1) is 6.92 Å². The maximum Gasteiger partial charge on any atom is 0.254 e. The van der Waals surface area contributed by atoms with Crippen molar-refractivity contribution in [3.05, 3.63) is 53.1 Å². The van der Waals surface area contributed by atoms with Gasteiger partial charge in [-0.15, -0.1) is 0 Å². The lowest BCUT2D eigenvalue weighted by molar-refractivity contribution is -0.131. The SMILES string of the molecule is COc1ccccc1CNC(=O)c1cnc([C@@H]2CCCN2CC(=O)N2CCCC2)nc1C. The van der Waals surface area contributed by atoms with E-state index in [2.05, 4.69) is 20.2 Å². The van der Waals surface area contributed by atoms with Gasteiger partial charge < -0.3 is 15.0 Å². The van der Waals surface area contributed by atoms with E-state index in [1.807, 2.05) is 36.1 Å². The number of aromatic nitrogens is 2. The highest BCUT2D eigenvalue weighted by Crippen LogP contribution is 2.30. The molecule has 3 heterocycles. The maximum atomic E-state index is 12.7. The Bertz CT molecular complexity index is 974. The summed E-state index contributed by atoms with van der Waals surface area (Å²) >= 11 is 0. The van der Waals surface area contributed by atoms with Gasteiger partial charge in [0.25, 0.3) is 5.91 Å². The quantitative estimate of drug-likeness (QED) is 0.716. The van der Waals surface area contributed by atoms with Crippen LogP contribution in [0.3, 0.4) is 0 Å². The minimum atomic E-state index is -0.215. The predicted octanol–water partition coefficient (Wildman–Crippen LogP) is 2.48. The number of hydrogen-bond acceptors (Lipinski definition) is 6. The molecule has 2 saturated heterocycles. The molecule has 1 aromatic carbocycles. The Morgan fingerprint density at radius 2 is 1.94 bits per heavy atom. The topological polar surface area (TPSA) is 87.7 Å². The van der Waals surface area contributed by atoms with Crippen molar-refractivity contribution in [3.8, 4) is 5.75 Å². The third kappa shape index (κ3) is 4.91. The molecule has 0 unspecified atom stereocenters. The largest absolute Gasteiger partial charge is 0.496 e. The number of para-hydroxylation sites is 1. The van der Waals surface area contributed by atoms with Crippen LogP contribution in [0.25, 0.3) is 0 Å². The van der Waals surface area contributed by atoms with Crippen LogP contribution >= 0.6 is 0 Å². The molecule has 1 atom stereocenters. The van der Waals surface area contributed by atoms with Crippen LogP contribution in [0.4, 0.5) is 0 Å². The van der Waals surface area contributed by atoms with Crippen LogP contribution < -0.4 is 10.1 Å². The van der Waals surface area contributed by atoms with Crippen LogP contribution in [0.2, 0.25) is 0 Å². The maximum absolute atomic E-state index is 12.7. The lowest BCUT2D eigenvalue weighted by Gasteiger charge is -2.25. The zero-order valence-corrected chi connectivity index (χ0v) is 18.8. The van der Waals surface area contributed by atoms with Gasteiger partial charge in [0.2, 0.25) is 5.91 Å². The number of carbonyl (C=O) groups is 2. The highest BCUT2D eigenvalue weighted by Gasteiger charge is 2.32. The first-order chi connectivity index (χ1) is 15.6. The van der Waals surface area contributed by atoms with Gasteiger partial charge in [-0.1, -0.05) is 18.2 Å². The number of amides is 2. The van der Waals surface area contributed by atoms with Gasteiger partial charge >= 0.3 is 0 Å². The molecule has 0 saturated carbocycles. The Balaban J connectivity index is 1.40. The van der Waals surface area contributed by atoms with Gasteiger partial charge in [-0.05, 0) is 45.2 Å². The molecule has 1 N–H and O–H groups in total. The standard InChI is InChI=1S/C24H31N5O3/c1-17-19(24(31)26-14-18-8-3-4-10-21(18)32-2)15-25-23(27-17)20-9-7-13-29(20)16-22(30)28-11-5-6-12-28/h3-4,8,10,15,20H,5-7,9,11-14,16H2,1-2H3,(H,26,31)/t20-/m0/s1. The lowest BCUT2D eigenvalue weighted by Crippen LogP contribution is -2.39. The molecule has 32 heavy (non-hydrogen) atoms. The van der Waals surface area contributed by atoms with Crippen molar-refractivity contribution in [2.75, 3.05) is 33.3 Å². The average Bonchev–Trinajstić information content (AvgIpc) is 3.50. The van der Waals surface area contributed by atoms with Crippen molar-refractivity contribution < 1.29 is 14.3 Å². The molecule has 0 spiro atoms. The Morgan fingerprint density at radius 3 is 2.69 bits per heavy atom. The van der Waals surface area contributed by atoms with E-state index >= 15 is 0 Å². The zero-order valence-electron chi connectivity index (χ0n) is 18.8. The molecular weight excluding hydrogens is 406 g/mol.